The first-order valence-corrected chi connectivity index (χ1v) is 12.5. The van der Waals surface area contributed by atoms with E-state index < -0.39 is 0 Å². The molecule has 28 heavy (non-hydrogen) atoms. The second-order valence-corrected chi connectivity index (χ2v) is 9.82. The Hall–Kier alpha value is -1.04. The predicted molar refractivity (Wildman–Crippen MR) is 124 cm³/mol. The van der Waals surface area contributed by atoms with Gasteiger partial charge in [0.05, 0.1) is 0 Å². The van der Waals surface area contributed by atoms with Crippen LogP contribution in [-0.4, -0.2) is 0 Å². The van der Waals surface area contributed by atoms with Crippen LogP contribution in [0.25, 0.3) is 0 Å². The predicted octanol–water partition coefficient (Wildman–Crippen LogP) is 8.68. The lowest BCUT2D eigenvalue weighted by Crippen LogP contribution is -2.16. The number of rotatable bonds is 10. The molecule has 3 rings (SSSR count). The van der Waals surface area contributed by atoms with E-state index in [1.165, 1.54) is 107 Å². The maximum Gasteiger partial charge on any atom is -0.0241 e. The maximum absolute atomic E-state index is 2.61. The van der Waals surface area contributed by atoms with E-state index in [0.717, 1.165) is 17.8 Å². The molecule has 1 atom stereocenters. The Balaban J connectivity index is 1.32. The lowest BCUT2D eigenvalue weighted by molar-refractivity contribution is 0.236. The van der Waals surface area contributed by atoms with Gasteiger partial charge in [0.25, 0.3) is 0 Å². The molecule has 156 valence electrons. The molecule has 0 heterocycles. The van der Waals surface area contributed by atoms with E-state index in [4.69, 9.17) is 0 Å². The summed E-state index contributed by atoms with van der Waals surface area (Å²) >= 11 is 0. The van der Waals surface area contributed by atoms with E-state index in [1.54, 1.807) is 5.57 Å². The molecule has 0 aromatic heterocycles. The van der Waals surface area contributed by atoms with Gasteiger partial charge >= 0.3 is 0 Å². The molecule has 0 spiro atoms. The first kappa shape index (κ1) is 21.7. The van der Waals surface area contributed by atoms with Crippen molar-refractivity contribution in [2.45, 2.75) is 110 Å². The molecular formula is C28H44. The van der Waals surface area contributed by atoms with Gasteiger partial charge in [0.1, 0.15) is 0 Å². The fraction of sp³-hybridized carbons (Fsp3) is 0.714. The second kappa shape index (κ2) is 11.8. The minimum atomic E-state index is 0.977. The van der Waals surface area contributed by atoms with Crippen LogP contribution in [0.15, 0.2) is 35.9 Å². The average Bonchev–Trinajstić information content (AvgIpc) is 2.74. The molecule has 0 heteroatoms. The van der Waals surface area contributed by atoms with Crippen molar-refractivity contribution in [3.05, 3.63) is 47.0 Å². The number of aryl methyl sites for hydroxylation is 2. The second-order valence-electron chi connectivity index (χ2n) is 9.82. The van der Waals surface area contributed by atoms with Gasteiger partial charge in [-0.05, 0) is 73.8 Å². The molecule has 0 aliphatic heterocycles. The fourth-order valence-corrected chi connectivity index (χ4v) is 5.59. The lowest BCUT2D eigenvalue weighted by atomic mass is 9.76. The van der Waals surface area contributed by atoms with Crippen molar-refractivity contribution in [2.75, 3.05) is 0 Å². The normalized spacial score (nSPS) is 25.5. The summed E-state index contributed by atoms with van der Waals surface area (Å²) in [5, 5.41) is 0. The monoisotopic (exact) mass is 380 g/mol. The Morgan fingerprint density at radius 1 is 0.643 bits per heavy atom. The van der Waals surface area contributed by atoms with Crippen LogP contribution in [0.2, 0.25) is 0 Å². The topological polar surface area (TPSA) is 0 Å². The molecular weight excluding hydrogens is 336 g/mol. The SMILES string of the molecule is CCCc1ccc(CCC2=CCC(CC[C@H]3CC[C@H](CCC)CC3)CC2)cc1. The highest BCUT2D eigenvalue weighted by atomic mass is 14.3. The van der Waals surface area contributed by atoms with Gasteiger partial charge in [-0.3, -0.25) is 0 Å². The number of hydrogen-bond donors (Lipinski definition) is 0. The van der Waals surface area contributed by atoms with E-state index in [-0.39, 0.29) is 0 Å². The Bertz CT molecular complexity index is 571. The van der Waals surface area contributed by atoms with Gasteiger partial charge in [-0.2, -0.15) is 0 Å². The van der Waals surface area contributed by atoms with Crippen LogP contribution in [0.1, 0.15) is 108 Å². The van der Waals surface area contributed by atoms with Gasteiger partial charge in [0, 0.05) is 0 Å². The smallest absolute Gasteiger partial charge is 0.0241 e. The summed E-state index contributed by atoms with van der Waals surface area (Å²) < 4.78 is 0. The summed E-state index contributed by atoms with van der Waals surface area (Å²) in [6.07, 6.45) is 23.7. The van der Waals surface area contributed by atoms with Gasteiger partial charge in [-0.15, -0.1) is 0 Å². The van der Waals surface area contributed by atoms with Gasteiger partial charge in [-0.25, -0.2) is 0 Å². The largest absolute Gasteiger partial charge is 0.0850 e. The summed E-state index contributed by atoms with van der Waals surface area (Å²) in [5.74, 6) is 3.09. The molecule has 0 N–H and O–H groups in total. The molecule has 0 nitrogen and oxygen atoms in total. The zero-order valence-electron chi connectivity index (χ0n) is 18.7. The Morgan fingerprint density at radius 3 is 1.82 bits per heavy atom. The van der Waals surface area contributed by atoms with Crippen LogP contribution < -0.4 is 0 Å². The molecule has 1 aromatic rings. The summed E-state index contributed by atoms with van der Waals surface area (Å²) in [5.41, 5.74) is 4.74. The standard InChI is InChI=1S/C28H44/c1-3-5-23-7-11-25(12-8-23)15-17-27-19-21-28(22-20-27)18-16-26-13-9-24(6-4-2)10-14-26/h7-8,11-12,19,24,26,28H,3-6,9-10,13-18,20-22H2,1-2H3/t24-,26-,28?. The van der Waals surface area contributed by atoms with Gasteiger partial charge < -0.3 is 0 Å². The van der Waals surface area contributed by atoms with Gasteiger partial charge in [-0.1, -0.05) is 101 Å². The first-order chi connectivity index (χ1) is 13.8. The Labute approximate surface area is 175 Å². The van der Waals surface area contributed by atoms with Crippen molar-refractivity contribution >= 4 is 0 Å². The average molecular weight is 381 g/mol. The Kier molecular flexibility index (Phi) is 9.16. The minimum Gasteiger partial charge on any atom is -0.0850 e. The van der Waals surface area contributed by atoms with Crippen molar-refractivity contribution in [1.82, 2.24) is 0 Å². The molecule has 0 saturated heterocycles. The number of hydrogen-bond acceptors (Lipinski definition) is 0. The lowest BCUT2D eigenvalue weighted by Gasteiger charge is -2.30. The van der Waals surface area contributed by atoms with Crippen molar-refractivity contribution in [1.29, 1.82) is 0 Å². The Morgan fingerprint density at radius 2 is 1.25 bits per heavy atom. The molecule has 1 unspecified atom stereocenters. The van der Waals surface area contributed by atoms with Gasteiger partial charge in [0.2, 0.25) is 0 Å². The number of allylic oxidation sites excluding steroid dienone is 2. The van der Waals surface area contributed by atoms with Crippen LogP contribution in [-0.2, 0) is 12.8 Å². The molecule has 2 aliphatic carbocycles. The summed E-state index contributed by atoms with van der Waals surface area (Å²) in [7, 11) is 0. The quantitative estimate of drug-likeness (QED) is 0.356. The maximum atomic E-state index is 2.61. The third-order valence-corrected chi connectivity index (χ3v) is 7.56. The van der Waals surface area contributed by atoms with Crippen molar-refractivity contribution in [3.8, 4) is 0 Å². The van der Waals surface area contributed by atoms with E-state index in [9.17, 15) is 0 Å². The van der Waals surface area contributed by atoms with Crippen LogP contribution in [0.3, 0.4) is 0 Å². The molecule has 1 saturated carbocycles. The van der Waals surface area contributed by atoms with Crippen molar-refractivity contribution in [2.24, 2.45) is 17.8 Å². The molecule has 0 bridgehead atoms. The minimum absolute atomic E-state index is 0.977. The van der Waals surface area contributed by atoms with Crippen LogP contribution >= 0.6 is 0 Å². The van der Waals surface area contributed by atoms with Crippen LogP contribution in [0, 0.1) is 17.8 Å². The highest BCUT2D eigenvalue weighted by Gasteiger charge is 2.22. The summed E-state index contributed by atoms with van der Waals surface area (Å²) in [6.45, 7) is 4.61. The molecule has 0 radical (unpaired) electrons. The van der Waals surface area contributed by atoms with E-state index in [1.807, 2.05) is 0 Å². The van der Waals surface area contributed by atoms with Crippen molar-refractivity contribution in [3.63, 3.8) is 0 Å². The molecule has 1 fully saturated rings. The van der Waals surface area contributed by atoms with Crippen LogP contribution in [0.5, 0.6) is 0 Å². The summed E-state index contributed by atoms with van der Waals surface area (Å²) in [6, 6.07) is 9.37. The summed E-state index contributed by atoms with van der Waals surface area (Å²) in [4.78, 5) is 0. The highest BCUT2D eigenvalue weighted by Crippen LogP contribution is 2.36. The highest BCUT2D eigenvalue weighted by molar-refractivity contribution is 5.23. The molecule has 1 aromatic carbocycles. The number of benzene rings is 1. The van der Waals surface area contributed by atoms with Crippen LogP contribution in [0.4, 0.5) is 0 Å². The van der Waals surface area contributed by atoms with E-state index in [2.05, 4.69) is 44.2 Å². The van der Waals surface area contributed by atoms with Gasteiger partial charge in [0.15, 0.2) is 0 Å². The van der Waals surface area contributed by atoms with E-state index >= 15 is 0 Å². The zero-order valence-corrected chi connectivity index (χ0v) is 18.7. The van der Waals surface area contributed by atoms with E-state index in [0.29, 0.717) is 0 Å². The first-order valence-electron chi connectivity index (χ1n) is 12.5. The molecule has 2 aliphatic rings. The zero-order chi connectivity index (χ0) is 19.6. The van der Waals surface area contributed by atoms with Crippen molar-refractivity contribution < 1.29 is 0 Å². The fourth-order valence-electron chi connectivity index (χ4n) is 5.59. The third-order valence-electron chi connectivity index (χ3n) is 7.56. The molecule has 0 amide bonds. The third kappa shape index (κ3) is 7.09.